The molecule has 0 aromatic carbocycles. The van der Waals surface area contributed by atoms with E-state index in [1.165, 1.54) is 6.33 Å². The molecule has 4 heteroatoms. The molecule has 1 aromatic rings. The second kappa shape index (κ2) is 4.45. The van der Waals surface area contributed by atoms with Gasteiger partial charge in [0.2, 0.25) is 0 Å². The van der Waals surface area contributed by atoms with E-state index < -0.39 is 0 Å². The monoisotopic (exact) mass is 150 g/mol. The van der Waals surface area contributed by atoms with Crippen molar-refractivity contribution < 1.29 is 0 Å². The van der Waals surface area contributed by atoms with Gasteiger partial charge >= 0.3 is 0 Å². The van der Waals surface area contributed by atoms with Crippen LogP contribution in [0.15, 0.2) is 12.7 Å². The van der Waals surface area contributed by atoms with Crippen molar-refractivity contribution in [3.8, 4) is 6.07 Å². The van der Waals surface area contributed by atoms with Crippen LogP contribution in [0.3, 0.4) is 0 Å². The van der Waals surface area contributed by atoms with Crippen LogP contribution in [-0.2, 0) is 6.54 Å². The Labute approximate surface area is 65.5 Å². The average molecular weight is 150 g/mol. The first-order valence-electron chi connectivity index (χ1n) is 3.63. The van der Waals surface area contributed by atoms with Crippen LogP contribution < -0.4 is 0 Å². The summed E-state index contributed by atoms with van der Waals surface area (Å²) in [4.78, 5) is 3.81. The summed E-state index contributed by atoms with van der Waals surface area (Å²) in [6, 6.07) is 2.10. The standard InChI is InChI=1S/C7H10N4/c8-4-2-1-3-5-11-7-9-6-10-11/h6-7H,1-3,5H2. The number of unbranched alkanes of at least 4 members (excludes halogenated alkanes) is 2. The Kier molecular flexibility index (Phi) is 3.13. The lowest BCUT2D eigenvalue weighted by Gasteiger charge is -1.96. The first-order chi connectivity index (χ1) is 5.43. The summed E-state index contributed by atoms with van der Waals surface area (Å²) in [5.41, 5.74) is 0. The summed E-state index contributed by atoms with van der Waals surface area (Å²) in [7, 11) is 0. The van der Waals surface area contributed by atoms with E-state index in [0.717, 1.165) is 19.4 Å². The lowest BCUT2D eigenvalue weighted by Crippen LogP contribution is -1.97. The number of nitriles is 1. The summed E-state index contributed by atoms with van der Waals surface area (Å²) in [6.07, 6.45) is 5.78. The van der Waals surface area contributed by atoms with Crippen LogP contribution in [0.1, 0.15) is 19.3 Å². The first-order valence-corrected chi connectivity index (χ1v) is 3.63. The number of aryl methyl sites for hydroxylation is 1. The van der Waals surface area contributed by atoms with Gasteiger partial charge in [0.15, 0.2) is 0 Å². The van der Waals surface area contributed by atoms with Gasteiger partial charge in [-0.15, -0.1) is 0 Å². The largest absolute Gasteiger partial charge is 0.253 e. The van der Waals surface area contributed by atoms with Gasteiger partial charge in [-0.2, -0.15) is 10.4 Å². The zero-order valence-electron chi connectivity index (χ0n) is 6.27. The van der Waals surface area contributed by atoms with Gasteiger partial charge in [0.05, 0.1) is 6.07 Å². The number of rotatable bonds is 4. The fourth-order valence-corrected chi connectivity index (χ4v) is 0.826. The summed E-state index contributed by atoms with van der Waals surface area (Å²) in [5.74, 6) is 0. The highest BCUT2D eigenvalue weighted by atomic mass is 15.3. The maximum absolute atomic E-state index is 8.24. The third-order valence-electron chi connectivity index (χ3n) is 1.39. The molecule has 11 heavy (non-hydrogen) atoms. The van der Waals surface area contributed by atoms with E-state index in [-0.39, 0.29) is 0 Å². The molecule has 0 spiro atoms. The molecule has 0 atom stereocenters. The fourth-order valence-electron chi connectivity index (χ4n) is 0.826. The van der Waals surface area contributed by atoms with E-state index >= 15 is 0 Å². The van der Waals surface area contributed by atoms with Gasteiger partial charge in [-0.05, 0) is 12.8 Å². The Balaban J connectivity index is 2.10. The lowest BCUT2D eigenvalue weighted by molar-refractivity contribution is 0.560. The molecule has 0 fully saturated rings. The van der Waals surface area contributed by atoms with E-state index in [9.17, 15) is 0 Å². The predicted octanol–water partition coefficient (Wildman–Crippen LogP) is 0.972. The topological polar surface area (TPSA) is 54.5 Å². The van der Waals surface area contributed by atoms with Gasteiger partial charge in [0.25, 0.3) is 0 Å². The quantitative estimate of drug-likeness (QED) is 0.601. The Bertz CT molecular complexity index is 221. The minimum absolute atomic E-state index is 0.634. The minimum Gasteiger partial charge on any atom is -0.253 e. The van der Waals surface area contributed by atoms with Gasteiger partial charge < -0.3 is 0 Å². The summed E-state index contributed by atoms with van der Waals surface area (Å²) >= 11 is 0. The Hall–Kier alpha value is -1.37. The van der Waals surface area contributed by atoms with Crippen molar-refractivity contribution in [2.75, 3.05) is 0 Å². The molecule has 0 saturated carbocycles. The molecule has 1 rings (SSSR count). The molecule has 0 aliphatic rings. The van der Waals surface area contributed by atoms with E-state index in [1.807, 2.05) is 0 Å². The molecule has 0 bridgehead atoms. The molecule has 0 amide bonds. The number of nitrogens with zero attached hydrogens (tertiary/aromatic N) is 4. The van der Waals surface area contributed by atoms with Crippen molar-refractivity contribution in [3.63, 3.8) is 0 Å². The zero-order valence-corrected chi connectivity index (χ0v) is 6.27. The molecule has 0 N–H and O–H groups in total. The van der Waals surface area contributed by atoms with Gasteiger partial charge in [0.1, 0.15) is 12.7 Å². The molecule has 0 unspecified atom stereocenters. The first kappa shape index (κ1) is 7.73. The minimum atomic E-state index is 0.634. The Morgan fingerprint density at radius 3 is 3.00 bits per heavy atom. The van der Waals surface area contributed by atoms with Crippen molar-refractivity contribution in [1.82, 2.24) is 14.8 Å². The second-order valence-corrected chi connectivity index (χ2v) is 2.27. The highest BCUT2D eigenvalue weighted by molar-refractivity contribution is 4.68. The molecule has 0 saturated heterocycles. The zero-order chi connectivity index (χ0) is 7.94. The number of hydrogen-bond donors (Lipinski definition) is 0. The van der Waals surface area contributed by atoms with Crippen LogP contribution >= 0.6 is 0 Å². The smallest absolute Gasteiger partial charge is 0.137 e. The Morgan fingerprint density at radius 1 is 1.45 bits per heavy atom. The molecule has 0 radical (unpaired) electrons. The Morgan fingerprint density at radius 2 is 2.36 bits per heavy atom. The van der Waals surface area contributed by atoms with Crippen molar-refractivity contribution in [2.45, 2.75) is 25.8 Å². The molecule has 0 aliphatic heterocycles. The molecular weight excluding hydrogens is 140 g/mol. The van der Waals surface area contributed by atoms with E-state index in [1.54, 1.807) is 11.0 Å². The second-order valence-electron chi connectivity index (χ2n) is 2.27. The van der Waals surface area contributed by atoms with Crippen LogP contribution in [0.25, 0.3) is 0 Å². The number of hydrogen-bond acceptors (Lipinski definition) is 3. The van der Waals surface area contributed by atoms with E-state index in [4.69, 9.17) is 5.26 Å². The maximum Gasteiger partial charge on any atom is 0.137 e. The maximum atomic E-state index is 8.24. The highest BCUT2D eigenvalue weighted by Crippen LogP contribution is 1.95. The third kappa shape index (κ3) is 2.80. The van der Waals surface area contributed by atoms with Gasteiger partial charge in [0, 0.05) is 13.0 Å². The fraction of sp³-hybridized carbons (Fsp3) is 0.571. The number of aromatic nitrogens is 3. The van der Waals surface area contributed by atoms with Gasteiger partial charge in [-0.1, -0.05) is 0 Å². The molecular formula is C7H10N4. The molecule has 1 heterocycles. The van der Waals surface area contributed by atoms with E-state index in [0.29, 0.717) is 6.42 Å². The third-order valence-corrected chi connectivity index (χ3v) is 1.39. The molecule has 1 aromatic heterocycles. The van der Waals surface area contributed by atoms with Crippen LogP contribution in [0.4, 0.5) is 0 Å². The normalized spacial score (nSPS) is 9.36. The summed E-state index contributed by atoms with van der Waals surface area (Å²) in [5, 5.41) is 12.2. The van der Waals surface area contributed by atoms with Crippen LogP contribution in [0.2, 0.25) is 0 Å². The van der Waals surface area contributed by atoms with Crippen LogP contribution in [0.5, 0.6) is 0 Å². The average Bonchev–Trinajstić information content (AvgIpc) is 2.50. The highest BCUT2D eigenvalue weighted by Gasteiger charge is 1.90. The van der Waals surface area contributed by atoms with Crippen molar-refractivity contribution in [2.24, 2.45) is 0 Å². The summed E-state index contributed by atoms with van der Waals surface area (Å²) < 4.78 is 1.78. The van der Waals surface area contributed by atoms with Gasteiger partial charge in [-0.25, -0.2) is 4.98 Å². The van der Waals surface area contributed by atoms with Crippen molar-refractivity contribution >= 4 is 0 Å². The van der Waals surface area contributed by atoms with Crippen molar-refractivity contribution in [3.05, 3.63) is 12.7 Å². The molecule has 58 valence electrons. The predicted molar refractivity (Wildman–Crippen MR) is 39.5 cm³/mol. The van der Waals surface area contributed by atoms with E-state index in [2.05, 4.69) is 16.2 Å². The lowest BCUT2D eigenvalue weighted by atomic mass is 10.2. The summed E-state index contributed by atoms with van der Waals surface area (Å²) in [6.45, 7) is 0.863. The van der Waals surface area contributed by atoms with Crippen LogP contribution in [-0.4, -0.2) is 14.8 Å². The van der Waals surface area contributed by atoms with Crippen LogP contribution in [0, 0.1) is 11.3 Å². The SMILES string of the molecule is N#CCCCCn1cncn1. The van der Waals surface area contributed by atoms with Gasteiger partial charge in [-0.3, -0.25) is 4.68 Å². The van der Waals surface area contributed by atoms with Crippen molar-refractivity contribution in [1.29, 1.82) is 5.26 Å². The molecule has 0 aliphatic carbocycles. The molecule has 4 nitrogen and oxygen atoms in total.